The number of nitrogens with zero attached hydrogens (tertiary/aromatic N) is 4. The molecular weight excluding hydrogens is 512 g/mol. The number of methoxy groups -OCH3 is 1. The predicted molar refractivity (Wildman–Crippen MR) is 156 cm³/mol. The number of carbonyl (C=O) groups excluding carboxylic acids is 2. The van der Waals surface area contributed by atoms with Crippen LogP contribution in [0, 0.1) is 10.1 Å². The van der Waals surface area contributed by atoms with Gasteiger partial charge in [-0.2, -0.15) is 0 Å². The van der Waals surface area contributed by atoms with E-state index in [2.05, 4.69) is 49.6 Å². The van der Waals surface area contributed by atoms with E-state index >= 15 is 0 Å². The molecule has 0 saturated heterocycles. The number of para-hydroxylation sites is 1. The normalized spacial score (nSPS) is 16.1. The fourth-order valence-electron chi connectivity index (χ4n) is 5.39. The summed E-state index contributed by atoms with van der Waals surface area (Å²) in [5.74, 6) is -0.689. The number of aldehydes is 1. The molecule has 2 aromatic rings. The van der Waals surface area contributed by atoms with Crippen LogP contribution in [0.3, 0.4) is 0 Å². The van der Waals surface area contributed by atoms with Crippen LogP contribution in [0.2, 0.25) is 0 Å². The maximum atomic E-state index is 11.8. The molecule has 1 unspecified atom stereocenters. The zero-order valence-electron chi connectivity index (χ0n) is 24.0. The summed E-state index contributed by atoms with van der Waals surface area (Å²) in [5.41, 5.74) is 2.47. The van der Waals surface area contributed by atoms with Crippen LogP contribution in [0.4, 0.5) is 11.4 Å². The topological polar surface area (TPSA) is 116 Å². The molecular formula is C30H40N4O6. The van der Waals surface area contributed by atoms with Gasteiger partial charge in [-0.3, -0.25) is 19.8 Å². The van der Waals surface area contributed by atoms with Crippen molar-refractivity contribution in [2.45, 2.75) is 45.7 Å². The highest BCUT2D eigenvalue weighted by atomic mass is 16.6. The second-order valence-corrected chi connectivity index (χ2v) is 10.5. The van der Waals surface area contributed by atoms with Crippen molar-refractivity contribution in [2.24, 2.45) is 0 Å². The first-order chi connectivity index (χ1) is 19.1. The SMILES string of the molecule is CCN(CC)CCN1c2ccccc2C(C)(C)C1/C=C/c1cc([N+](=O)[O-])cc(CN(CC=O)CC(=O)OC)c1O. The molecule has 0 spiro atoms. The van der Waals surface area contributed by atoms with Crippen LogP contribution < -0.4 is 4.90 Å². The quantitative estimate of drug-likeness (QED) is 0.161. The lowest BCUT2D eigenvalue weighted by atomic mass is 9.80. The van der Waals surface area contributed by atoms with Gasteiger partial charge in [0, 0.05) is 54.0 Å². The van der Waals surface area contributed by atoms with Crippen LogP contribution in [0.5, 0.6) is 5.75 Å². The van der Waals surface area contributed by atoms with Crippen molar-refractivity contribution in [2.75, 3.05) is 51.3 Å². The van der Waals surface area contributed by atoms with Crippen molar-refractivity contribution in [3.63, 3.8) is 0 Å². The van der Waals surface area contributed by atoms with Crippen LogP contribution in [0.25, 0.3) is 6.08 Å². The van der Waals surface area contributed by atoms with Crippen molar-refractivity contribution in [1.82, 2.24) is 9.80 Å². The first kappa shape index (κ1) is 30.8. The predicted octanol–water partition coefficient (Wildman–Crippen LogP) is 4.00. The number of hydrogen-bond donors (Lipinski definition) is 1. The van der Waals surface area contributed by atoms with Gasteiger partial charge in [0.05, 0.1) is 31.2 Å². The monoisotopic (exact) mass is 552 g/mol. The Balaban J connectivity index is 2.00. The summed E-state index contributed by atoms with van der Waals surface area (Å²) in [7, 11) is 1.24. The second kappa shape index (κ2) is 13.5. The van der Waals surface area contributed by atoms with Gasteiger partial charge < -0.3 is 24.4 Å². The van der Waals surface area contributed by atoms with E-state index in [-0.39, 0.29) is 48.1 Å². The van der Waals surface area contributed by atoms with E-state index in [1.54, 1.807) is 6.08 Å². The molecule has 1 aliphatic heterocycles. The van der Waals surface area contributed by atoms with Crippen LogP contribution in [0.1, 0.15) is 44.4 Å². The van der Waals surface area contributed by atoms with Gasteiger partial charge in [0.1, 0.15) is 12.0 Å². The molecule has 1 N–H and O–H groups in total. The summed E-state index contributed by atoms with van der Waals surface area (Å²) < 4.78 is 4.70. The lowest BCUT2D eigenvalue weighted by Gasteiger charge is -2.34. The van der Waals surface area contributed by atoms with Crippen molar-refractivity contribution < 1.29 is 24.4 Å². The lowest BCUT2D eigenvalue weighted by molar-refractivity contribution is -0.385. The molecule has 216 valence electrons. The third-order valence-corrected chi connectivity index (χ3v) is 7.71. The average molecular weight is 553 g/mol. The number of fused-ring (bicyclic) bond motifs is 1. The van der Waals surface area contributed by atoms with E-state index in [1.807, 2.05) is 18.2 Å². The maximum Gasteiger partial charge on any atom is 0.319 e. The van der Waals surface area contributed by atoms with Crippen molar-refractivity contribution in [3.05, 3.63) is 69.3 Å². The average Bonchev–Trinajstić information content (AvgIpc) is 3.15. The van der Waals surface area contributed by atoms with Gasteiger partial charge in [0.25, 0.3) is 5.69 Å². The third-order valence-electron chi connectivity index (χ3n) is 7.71. The van der Waals surface area contributed by atoms with Crippen LogP contribution in [-0.2, 0) is 26.3 Å². The van der Waals surface area contributed by atoms with Gasteiger partial charge in [-0.25, -0.2) is 0 Å². The minimum absolute atomic E-state index is 0.0431. The number of likely N-dealkylation sites (N-methyl/N-ethyl adjacent to an activating group) is 1. The summed E-state index contributed by atoms with van der Waals surface area (Å²) in [5, 5.41) is 22.9. The van der Waals surface area contributed by atoms with Gasteiger partial charge >= 0.3 is 5.97 Å². The molecule has 1 atom stereocenters. The molecule has 0 aliphatic carbocycles. The van der Waals surface area contributed by atoms with Crippen molar-refractivity contribution in [1.29, 1.82) is 0 Å². The number of benzene rings is 2. The zero-order chi connectivity index (χ0) is 29.4. The Morgan fingerprint density at radius 1 is 1.20 bits per heavy atom. The minimum atomic E-state index is -0.556. The third kappa shape index (κ3) is 6.86. The Kier molecular flexibility index (Phi) is 10.4. The molecule has 40 heavy (non-hydrogen) atoms. The highest BCUT2D eigenvalue weighted by Crippen LogP contribution is 2.46. The number of non-ortho nitro benzene ring substituents is 1. The van der Waals surface area contributed by atoms with Gasteiger partial charge in [-0.15, -0.1) is 0 Å². The summed E-state index contributed by atoms with van der Waals surface area (Å²) in [6.45, 7) is 11.9. The number of esters is 1. The number of rotatable bonds is 14. The van der Waals surface area contributed by atoms with E-state index in [0.29, 0.717) is 11.8 Å². The summed E-state index contributed by atoms with van der Waals surface area (Å²) in [6, 6.07) is 10.9. The summed E-state index contributed by atoms with van der Waals surface area (Å²) >= 11 is 0. The Labute approximate surface area is 236 Å². The highest BCUT2D eigenvalue weighted by Gasteiger charge is 2.42. The summed E-state index contributed by atoms with van der Waals surface area (Å²) in [4.78, 5) is 40.4. The minimum Gasteiger partial charge on any atom is -0.507 e. The number of anilines is 1. The summed E-state index contributed by atoms with van der Waals surface area (Å²) in [6.07, 6.45) is 4.37. The zero-order valence-corrected chi connectivity index (χ0v) is 24.0. The number of nitro benzene ring substituents is 1. The fourth-order valence-corrected chi connectivity index (χ4v) is 5.39. The van der Waals surface area contributed by atoms with Crippen molar-refractivity contribution in [3.8, 4) is 5.75 Å². The second-order valence-electron chi connectivity index (χ2n) is 10.5. The first-order valence-corrected chi connectivity index (χ1v) is 13.6. The number of carbonyl (C=O) groups is 2. The molecule has 0 aromatic heterocycles. The Bertz CT molecular complexity index is 1240. The van der Waals surface area contributed by atoms with Crippen LogP contribution in [-0.4, -0.2) is 84.5 Å². The lowest BCUT2D eigenvalue weighted by Crippen LogP contribution is -2.43. The fraction of sp³-hybridized carbons (Fsp3) is 0.467. The largest absolute Gasteiger partial charge is 0.507 e. The van der Waals surface area contributed by atoms with Crippen molar-refractivity contribution >= 4 is 29.7 Å². The Morgan fingerprint density at radius 3 is 2.52 bits per heavy atom. The number of phenolic OH excluding ortho intramolecular Hbond substituents is 1. The number of phenols is 1. The number of nitro groups is 1. The van der Waals surface area contributed by atoms with E-state index in [0.717, 1.165) is 31.9 Å². The van der Waals surface area contributed by atoms with Gasteiger partial charge in [0.2, 0.25) is 0 Å². The van der Waals surface area contributed by atoms with Gasteiger partial charge in [-0.1, -0.05) is 58.0 Å². The number of ether oxygens (including phenoxy) is 1. The standard InChI is InChI=1S/C30H40N4O6/c1-6-31(7-2)14-15-33-26-11-9-8-10-25(26)30(3,4)27(33)13-12-22-18-24(34(38)39)19-23(29(22)37)20-32(16-17-35)21-28(36)40-5/h8-13,17-19,27,37H,6-7,14-16,20-21H2,1-5H3/b13-12+. The molecule has 1 heterocycles. The molecule has 1 aliphatic rings. The maximum absolute atomic E-state index is 11.8. The smallest absolute Gasteiger partial charge is 0.319 e. The molecule has 0 radical (unpaired) electrons. The van der Waals surface area contributed by atoms with Gasteiger partial charge in [-0.05, 0) is 24.7 Å². The first-order valence-electron chi connectivity index (χ1n) is 13.6. The molecule has 0 fully saturated rings. The number of aromatic hydroxyl groups is 1. The molecule has 10 nitrogen and oxygen atoms in total. The molecule has 3 rings (SSSR count). The molecule has 0 saturated carbocycles. The molecule has 2 aromatic carbocycles. The molecule has 10 heteroatoms. The molecule has 0 bridgehead atoms. The Morgan fingerprint density at radius 2 is 1.90 bits per heavy atom. The van der Waals surface area contributed by atoms with Crippen LogP contribution in [0.15, 0.2) is 42.5 Å². The Hall–Kier alpha value is -3.76. The van der Waals surface area contributed by atoms with E-state index in [4.69, 9.17) is 4.74 Å². The highest BCUT2D eigenvalue weighted by molar-refractivity contribution is 5.72. The van der Waals surface area contributed by atoms with Gasteiger partial charge in [0.15, 0.2) is 0 Å². The molecule has 0 amide bonds. The van der Waals surface area contributed by atoms with E-state index in [1.165, 1.54) is 29.7 Å². The van der Waals surface area contributed by atoms with E-state index in [9.17, 15) is 24.8 Å². The van der Waals surface area contributed by atoms with Crippen LogP contribution >= 0.6 is 0 Å². The van der Waals surface area contributed by atoms with E-state index < -0.39 is 10.9 Å². The number of hydrogen-bond acceptors (Lipinski definition) is 9.